The summed E-state index contributed by atoms with van der Waals surface area (Å²) in [4.78, 5) is 37.6. The molecule has 136 valence electrons. The summed E-state index contributed by atoms with van der Waals surface area (Å²) in [6.07, 6.45) is 1.38. The minimum Gasteiger partial charge on any atom is -0.426 e. The Kier molecular flexibility index (Phi) is 5.32. The lowest BCUT2D eigenvalue weighted by molar-refractivity contribution is -0.385. The van der Waals surface area contributed by atoms with Crippen molar-refractivity contribution in [1.29, 1.82) is 0 Å². The summed E-state index contributed by atoms with van der Waals surface area (Å²) in [6, 6.07) is 7.82. The molecule has 0 radical (unpaired) electrons. The van der Waals surface area contributed by atoms with E-state index >= 15 is 0 Å². The third kappa shape index (κ3) is 3.91. The highest BCUT2D eigenvalue weighted by Crippen LogP contribution is 2.26. The van der Waals surface area contributed by atoms with Gasteiger partial charge in [-0.1, -0.05) is 6.07 Å². The molecule has 1 aromatic carbocycles. The molecule has 7 nitrogen and oxygen atoms in total. The van der Waals surface area contributed by atoms with Crippen molar-refractivity contribution in [2.24, 2.45) is 5.92 Å². The Morgan fingerprint density at radius 3 is 2.81 bits per heavy atom. The maximum Gasteiger partial charge on any atom is 0.316 e. The van der Waals surface area contributed by atoms with E-state index in [1.165, 1.54) is 29.5 Å². The second kappa shape index (κ2) is 7.65. The van der Waals surface area contributed by atoms with Crippen LogP contribution in [0, 0.1) is 23.0 Å². The van der Waals surface area contributed by atoms with Gasteiger partial charge in [-0.2, -0.15) is 0 Å². The van der Waals surface area contributed by atoms with Gasteiger partial charge in [0.15, 0.2) is 0 Å². The lowest BCUT2D eigenvalue weighted by Crippen LogP contribution is -2.43. The quantitative estimate of drug-likeness (QED) is 0.354. The Balaban J connectivity index is 1.65. The Labute approximate surface area is 154 Å². The molecule has 1 saturated heterocycles. The van der Waals surface area contributed by atoms with Crippen LogP contribution in [0.15, 0.2) is 35.7 Å². The average Bonchev–Trinajstić information content (AvgIpc) is 3.15. The van der Waals surface area contributed by atoms with Crippen LogP contribution in [0.2, 0.25) is 0 Å². The van der Waals surface area contributed by atoms with Crippen LogP contribution in [-0.4, -0.2) is 34.8 Å². The van der Waals surface area contributed by atoms with Gasteiger partial charge in [0.2, 0.25) is 0 Å². The third-order valence-corrected chi connectivity index (χ3v) is 5.22. The second-order valence-electron chi connectivity index (χ2n) is 6.19. The van der Waals surface area contributed by atoms with Crippen molar-refractivity contribution in [3.8, 4) is 5.75 Å². The Morgan fingerprint density at radius 2 is 2.15 bits per heavy atom. The number of thiophene rings is 1. The fourth-order valence-electron chi connectivity index (χ4n) is 3.01. The lowest BCUT2D eigenvalue weighted by Gasteiger charge is -2.31. The number of carbonyl (C=O) groups excluding carboxylic acids is 2. The molecule has 1 atom stereocenters. The molecule has 1 aliphatic heterocycles. The monoisotopic (exact) mass is 374 g/mol. The SMILES string of the molecule is Cc1cc(OC(=O)C2CCCN(C(=O)c3cccs3)C2)ccc1[N+](=O)[O-]. The summed E-state index contributed by atoms with van der Waals surface area (Å²) in [6.45, 7) is 2.54. The minimum absolute atomic E-state index is 0.0183. The van der Waals surface area contributed by atoms with Gasteiger partial charge < -0.3 is 9.64 Å². The van der Waals surface area contributed by atoms with Crippen molar-refractivity contribution in [1.82, 2.24) is 4.90 Å². The smallest absolute Gasteiger partial charge is 0.316 e. The highest BCUT2D eigenvalue weighted by atomic mass is 32.1. The molecule has 0 spiro atoms. The van der Waals surface area contributed by atoms with E-state index in [1.54, 1.807) is 17.9 Å². The molecule has 2 heterocycles. The number of hydrogen-bond acceptors (Lipinski definition) is 6. The highest BCUT2D eigenvalue weighted by Gasteiger charge is 2.30. The van der Waals surface area contributed by atoms with E-state index in [0.29, 0.717) is 30.0 Å². The maximum atomic E-state index is 12.5. The Hall–Kier alpha value is -2.74. The van der Waals surface area contributed by atoms with Crippen LogP contribution in [0.25, 0.3) is 0 Å². The van der Waals surface area contributed by atoms with E-state index in [1.807, 2.05) is 11.4 Å². The van der Waals surface area contributed by atoms with E-state index in [0.717, 1.165) is 6.42 Å². The van der Waals surface area contributed by atoms with Crippen LogP contribution in [0.1, 0.15) is 28.1 Å². The fourth-order valence-corrected chi connectivity index (χ4v) is 3.70. The zero-order valence-corrected chi connectivity index (χ0v) is 15.0. The van der Waals surface area contributed by atoms with Crippen LogP contribution in [0.4, 0.5) is 5.69 Å². The molecule has 8 heteroatoms. The zero-order valence-electron chi connectivity index (χ0n) is 14.2. The number of nitrogens with zero attached hydrogens (tertiary/aromatic N) is 2. The first-order valence-electron chi connectivity index (χ1n) is 8.25. The third-order valence-electron chi connectivity index (χ3n) is 4.36. The van der Waals surface area contributed by atoms with Crippen LogP contribution >= 0.6 is 11.3 Å². The number of nitro benzene ring substituents is 1. The van der Waals surface area contributed by atoms with Gasteiger partial charge in [0.1, 0.15) is 5.75 Å². The molecule has 1 aliphatic rings. The Morgan fingerprint density at radius 1 is 1.35 bits per heavy atom. The van der Waals surface area contributed by atoms with Gasteiger partial charge in [-0.15, -0.1) is 11.3 Å². The van der Waals surface area contributed by atoms with E-state index in [9.17, 15) is 19.7 Å². The largest absolute Gasteiger partial charge is 0.426 e. The summed E-state index contributed by atoms with van der Waals surface area (Å²) in [5.41, 5.74) is 0.411. The maximum absolute atomic E-state index is 12.5. The van der Waals surface area contributed by atoms with Crippen LogP contribution in [-0.2, 0) is 4.79 Å². The van der Waals surface area contributed by atoms with E-state index < -0.39 is 16.8 Å². The molecule has 0 saturated carbocycles. The van der Waals surface area contributed by atoms with Gasteiger partial charge in [0, 0.05) is 24.7 Å². The summed E-state index contributed by atoms with van der Waals surface area (Å²) in [7, 11) is 0. The molecule has 26 heavy (non-hydrogen) atoms. The molecular weight excluding hydrogens is 356 g/mol. The van der Waals surface area contributed by atoms with Gasteiger partial charge in [-0.3, -0.25) is 19.7 Å². The first-order chi connectivity index (χ1) is 12.5. The number of nitro groups is 1. The second-order valence-corrected chi connectivity index (χ2v) is 7.14. The molecule has 1 aromatic heterocycles. The number of likely N-dealkylation sites (tertiary alicyclic amines) is 1. The van der Waals surface area contributed by atoms with Gasteiger partial charge >= 0.3 is 5.97 Å². The predicted octanol–water partition coefficient (Wildman–Crippen LogP) is 3.42. The van der Waals surface area contributed by atoms with Crippen LogP contribution in [0.5, 0.6) is 5.75 Å². The van der Waals surface area contributed by atoms with Crippen molar-refractivity contribution in [2.45, 2.75) is 19.8 Å². The van der Waals surface area contributed by atoms with E-state index in [-0.39, 0.29) is 17.3 Å². The number of rotatable bonds is 4. The van der Waals surface area contributed by atoms with E-state index in [4.69, 9.17) is 4.74 Å². The van der Waals surface area contributed by atoms with Crippen LogP contribution < -0.4 is 4.74 Å². The molecule has 1 amide bonds. The lowest BCUT2D eigenvalue weighted by atomic mass is 9.98. The van der Waals surface area contributed by atoms with Gasteiger partial charge in [-0.25, -0.2) is 0 Å². The molecule has 1 fully saturated rings. The highest BCUT2D eigenvalue weighted by molar-refractivity contribution is 7.12. The fraction of sp³-hybridized carbons (Fsp3) is 0.333. The van der Waals surface area contributed by atoms with Crippen molar-refractivity contribution in [2.75, 3.05) is 13.1 Å². The topological polar surface area (TPSA) is 89.8 Å². The summed E-state index contributed by atoms with van der Waals surface area (Å²) in [5, 5.41) is 12.7. The summed E-state index contributed by atoms with van der Waals surface area (Å²) >= 11 is 1.38. The summed E-state index contributed by atoms with van der Waals surface area (Å²) in [5.74, 6) is -0.603. The molecule has 0 bridgehead atoms. The van der Waals surface area contributed by atoms with Crippen LogP contribution in [0.3, 0.4) is 0 Å². The number of amides is 1. The number of carbonyl (C=O) groups is 2. The Bertz CT molecular complexity index is 834. The van der Waals surface area contributed by atoms with Gasteiger partial charge in [-0.05, 0) is 43.3 Å². The number of aryl methyl sites for hydroxylation is 1. The summed E-state index contributed by atoms with van der Waals surface area (Å²) < 4.78 is 5.39. The van der Waals surface area contributed by atoms with Crippen molar-refractivity contribution >= 4 is 28.9 Å². The molecule has 3 rings (SSSR count). The molecule has 0 N–H and O–H groups in total. The normalized spacial score (nSPS) is 17.0. The van der Waals surface area contributed by atoms with Crippen molar-refractivity contribution in [3.05, 3.63) is 56.3 Å². The van der Waals surface area contributed by atoms with E-state index in [2.05, 4.69) is 0 Å². The first kappa shape index (κ1) is 18.1. The van der Waals surface area contributed by atoms with Gasteiger partial charge in [0.25, 0.3) is 11.6 Å². The zero-order chi connectivity index (χ0) is 18.7. The number of hydrogen-bond donors (Lipinski definition) is 0. The minimum atomic E-state index is -0.476. The number of esters is 1. The van der Waals surface area contributed by atoms with Crippen molar-refractivity contribution < 1.29 is 19.2 Å². The average molecular weight is 374 g/mol. The number of ether oxygens (including phenoxy) is 1. The predicted molar refractivity (Wildman–Crippen MR) is 96.4 cm³/mol. The molecular formula is C18H18N2O5S. The first-order valence-corrected chi connectivity index (χ1v) is 9.13. The number of piperidine rings is 1. The standard InChI is InChI=1S/C18H18N2O5S/c1-12-10-14(6-7-15(12)20(23)24)25-18(22)13-4-2-8-19(11-13)17(21)16-5-3-9-26-16/h3,5-7,9-10,13H,2,4,8,11H2,1H3. The molecule has 2 aromatic rings. The molecule has 0 aliphatic carbocycles. The van der Waals surface area contributed by atoms with Gasteiger partial charge in [0.05, 0.1) is 15.7 Å². The molecule has 1 unspecified atom stereocenters. The van der Waals surface area contributed by atoms with Crippen molar-refractivity contribution in [3.63, 3.8) is 0 Å². The number of benzene rings is 1.